The molecule has 4 nitrogen and oxygen atoms in total. The predicted molar refractivity (Wildman–Crippen MR) is 67.0 cm³/mol. The number of aromatic nitrogens is 2. The van der Waals surface area contributed by atoms with Crippen molar-refractivity contribution in [3.8, 4) is 0 Å². The zero-order valence-electron chi connectivity index (χ0n) is 9.87. The summed E-state index contributed by atoms with van der Waals surface area (Å²) in [7, 11) is 0. The number of hydrogen-bond donors (Lipinski definition) is 1. The lowest BCUT2D eigenvalue weighted by Gasteiger charge is -2.06. The lowest BCUT2D eigenvalue weighted by molar-refractivity contribution is 0.187. The van der Waals surface area contributed by atoms with E-state index >= 15 is 0 Å². The van der Waals surface area contributed by atoms with Gasteiger partial charge in [-0.15, -0.1) is 0 Å². The molecule has 2 heterocycles. The van der Waals surface area contributed by atoms with Crippen LogP contribution in [-0.2, 0) is 0 Å². The molecule has 0 radical (unpaired) electrons. The fraction of sp³-hybridized carbons (Fsp3) is 0.143. The first-order valence-electron chi connectivity index (χ1n) is 5.69. The van der Waals surface area contributed by atoms with E-state index in [-0.39, 0.29) is 0 Å². The Labute approximate surface area is 104 Å². The molecule has 0 aliphatic rings. The van der Waals surface area contributed by atoms with Gasteiger partial charge in [-0.25, -0.2) is 0 Å². The highest BCUT2D eigenvalue weighted by Gasteiger charge is 2.16. The van der Waals surface area contributed by atoms with E-state index in [1.807, 2.05) is 37.3 Å². The van der Waals surface area contributed by atoms with Crippen LogP contribution < -0.4 is 0 Å². The molecular formula is C14H12N2O2. The molecule has 0 aliphatic heterocycles. The summed E-state index contributed by atoms with van der Waals surface area (Å²) in [4.78, 5) is 8.27. The summed E-state index contributed by atoms with van der Waals surface area (Å²) in [6, 6.07) is 9.46. The van der Waals surface area contributed by atoms with E-state index in [0.29, 0.717) is 11.5 Å². The number of aliphatic hydroxyl groups excluding tert-OH is 1. The van der Waals surface area contributed by atoms with Gasteiger partial charge in [0.1, 0.15) is 11.3 Å². The van der Waals surface area contributed by atoms with Crippen LogP contribution in [0.5, 0.6) is 0 Å². The summed E-state index contributed by atoms with van der Waals surface area (Å²) in [5.41, 5.74) is 2.06. The average molecular weight is 240 g/mol. The van der Waals surface area contributed by atoms with Gasteiger partial charge in [0.05, 0.1) is 17.6 Å². The molecule has 4 heteroatoms. The van der Waals surface area contributed by atoms with E-state index in [1.54, 1.807) is 12.4 Å². The zero-order valence-corrected chi connectivity index (χ0v) is 9.87. The molecular weight excluding hydrogens is 228 g/mol. The van der Waals surface area contributed by atoms with E-state index < -0.39 is 6.10 Å². The standard InChI is InChI=1S/C14H12N2O2/c1-9-7-16-11(8-15-9)14(17)13-6-10-4-2-3-5-12(10)18-13/h2-8,14,17H,1H3. The van der Waals surface area contributed by atoms with Crippen LogP contribution >= 0.6 is 0 Å². The van der Waals surface area contributed by atoms with Gasteiger partial charge >= 0.3 is 0 Å². The van der Waals surface area contributed by atoms with Crippen molar-refractivity contribution in [2.45, 2.75) is 13.0 Å². The Morgan fingerprint density at radius 1 is 1.17 bits per heavy atom. The number of aryl methyl sites for hydroxylation is 1. The fourth-order valence-electron chi connectivity index (χ4n) is 1.83. The second-order valence-corrected chi connectivity index (χ2v) is 4.17. The Morgan fingerprint density at radius 3 is 2.72 bits per heavy atom. The third-order valence-electron chi connectivity index (χ3n) is 2.80. The molecule has 0 saturated heterocycles. The first-order chi connectivity index (χ1) is 8.74. The van der Waals surface area contributed by atoms with Crippen LogP contribution in [0, 0.1) is 6.92 Å². The van der Waals surface area contributed by atoms with Gasteiger partial charge in [0.15, 0.2) is 6.10 Å². The molecule has 3 rings (SSSR count). The zero-order chi connectivity index (χ0) is 12.5. The van der Waals surface area contributed by atoms with Gasteiger partial charge in [-0.2, -0.15) is 0 Å². The first-order valence-corrected chi connectivity index (χ1v) is 5.69. The second kappa shape index (κ2) is 4.23. The van der Waals surface area contributed by atoms with Gasteiger partial charge in [0.25, 0.3) is 0 Å². The number of nitrogens with zero attached hydrogens (tertiary/aromatic N) is 2. The number of fused-ring (bicyclic) bond motifs is 1. The topological polar surface area (TPSA) is 59.2 Å². The van der Waals surface area contributed by atoms with Crippen molar-refractivity contribution in [1.82, 2.24) is 9.97 Å². The quantitative estimate of drug-likeness (QED) is 0.748. The van der Waals surface area contributed by atoms with Gasteiger partial charge in [-0.3, -0.25) is 9.97 Å². The van der Waals surface area contributed by atoms with Crippen LogP contribution in [0.1, 0.15) is 23.3 Å². The Hall–Kier alpha value is -2.20. The summed E-state index contributed by atoms with van der Waals surface area (Å²) >= 11 is 0. The van der Waals surface area contributed by atoms with Gasteiger partial charge in [-0.1, -0.05) is 18.2 Å². The molecule has 18 heavy (non-hydrogen) atoms. The van der Waals surface area contributed by atoms with Gasteiger partial charge < -0.3 is 9.52 Å². The average Bonchev–Trinajstić information content (AvgIpc) is 2.82. The van der Waals surface area contributed by atoms with Crippen molar-refractivity contribution in [3.63, 3.8) is 0 Å². The highest BCUT2D eigenvalue weighted by molar-refractivity contribution is 5.77. The molecule has 0 bridgehead atoms. The number of benzene rings is 1. The Kier molecular flexibility index (Phi) is 2.57. The van der Waals surface area contributed by atoms with Crippen molar-refractivity contribution < 1.29 is 9.52 Å². The number of hydrogen-bond acceptors (Lipinski definition) is 4. The smallest absolute Gasteiger partial charge is 0.155 e. The molecule has 0 spiro atoms. The van der Waals surface area contributed by atoms with Crippen LogP contribution in [-0.4, -0.2) is 15.1 Å². The Balaban J connectivity index is 2.00. The maximum absolute atomic E-state index is 10.2. The van der Waals surface area contributed by atoms with Crippen molar-refractivity contribution in [1.29, 1.82) is 0 Å². The number of rotatable bonds is 2. The highest BCUT2D eigenvalue weighted by atomic mass is 16.4. The van der Waals surface area contributed by atoms with Crippen LogP contribution in [0.15, 0.2) is 47.1 Å². The first kappa shape index (κ1) is 10.9. The summed E-state index contributed by atoms with van der Waals surface area (Å²) in [5.74, 6) is 0.481. The minimum absolute atomic E-state index is 0.481. The van der Waals surface area contributed by atoms with Crippen molar-refractivity contribution >= 4 is 11.0 Å². The monoisotopic (exact) mass is 240 g/mol. The highest BCUT2D eigenvalue weighted by Crippen LogP contribution is 2.26. The van der Waals surface area contributed by atoms with E-state index in [9.17, 15) is 5.11 Å². The molecule has 1 aromatic carbocycles. The summed E-state index contributed by atoms with van der Waals surface area (Å²) in [6.45, 7) is 1.85. The van der Waals surface area contributed by atoms with Crippen molar-refractivity contribution in [2.24, 2.45) is 0 Å². The molecule has 1 atom stereocenters. The Bertz CT molecular complexity index is 641. The van der Waals surface area contributed by atoms with Gasteiger partial charge in [-0.05, 0) is 19.1 Å². The minimum atomic E-state index is -0.884. The number of para-hydroxylation sites is 1. The molecule has 0 saturated carbocycles. The van der Waals surface area contributed by atoms with Gasteiger partial charge in [0.2, 0.25) is 0 Å². The fourth-order valence-corrected chi connectivity index (χ4v) is 1.83. The maximum Gasteiger partial charge on any atom is 0.155 e. The minimum Gasteiger partial charge on any atom is -0.458 e. The number of aliphatic hydroxyl groups is 1. The molecule has 0 amide bonds. The van der Waals surface area contributed by atoms with E-state index in [4.69, 9.17) is 4.42 Å². The SMILES string of the molecule is Cc1cnc(C(O)c2cc3ccccc3o2)cn1. The predicted octanol–water partition coefficient (Wildman–Crippen LogP) is 2.61. The molecule has 0 aliphatic carbocycles. The van der Waals surface area contributed by atoms with Crippen molar-refractivity contribution in [2.75, 3.05) is 0 Å². The normalized spacial score (nSPS) is 12.8. The second-order valence-electron chi connectivity index (χ2n) is 4.17. The van der Waals surface area contributed by atoms with Crippen LogP contribution in [0.2, 0.25) is 0 Å². The molecule has 90 valence electrons. The summed E-state index contributed by atoms with van der Waals surface area (Å²) in [6.07, 6.45) is 2.31. The van der Waals surface area contributed by atoms with E-state index in [0.717, 1.165) is 16.7 Å². The van der Waals surface area contributed by atoms with Crippen LogP contribution in [0.3, 0.4) is 0 Å². The Morgan fingerprint density at radius 2 is 2.00 bits per heavy atom. The van der Waals surface area contributed by atoms with E-state index in [1.165, 1.54) is 0 Å². The lowest BCUT2D eigenvalue weighted by Crippen LogP contribution is -2.02. The third kappa shape index (κ3) is 1.87. The molecule has 1 unspecified atom stereocenters. The third-order valence-corrected chi connectivity index (χ3v) is 2.80. The molecule has 2 aromatic heterocycles. The molecule has 3 aromatic rings. The molecule has 1 N–H and O–H groups in total. The van der Waals surface area contributed by atoms with E-state index in [2.05, 4.69) is 9.97 Å². The van der Waals surface area contributed by atoms with Crippen molar-refractivity contribution in [3.05, 3.63) is 59.9 Å². The van der Waals surface area contributed by atoms with Gasteiger partial charge in [0, 0.05) is 11.6 Å². The number of furan rings is 1. The summed E-state index contributed by atoms with van der Waals surface area (Å²) < 4.78 is 5.60. The summed E-state index contributed by atoms with van der Waals surface area (Å²) in [5, 5.41) is 11.2. The maximum atomic E-state index is 10.2. The lowest BCUT2D eigenvalue weighted by atomic mass is 10.2. The van der Waals surface area contributed by atoms with Crippen LogP contribution in [0.4, 0.5) is 0 Å². The molecule has 0 fully saturated rings. The van der Waals surface area contributed by atoms with Crippen LogP contribution in [0.25, 0.3) is 11.0 Å². The largest absolute Gasteiger partial charge is 0.458 e.